The first-order chi connectivity index (χ1) is 18.5. The van der Waals surface area contributed by atoms with Crippen molar-refractivity contribution < 1.29 is 19.4 Å². The molecule has 3 N–H and O–H groups in total. The Morgan fingerprint density at radius 1 is 1.08 bits per heavy atom. The topological polar surface area (TPSA) is 138 Å². The minimum atomic E-state index is -1.10. The first-order valence-corrected chi connectivity index (χ1v) is 13.6. The van der Waals surface area contributed by atoms with Gasteiger partial charge in [-0.25, -0.2) is 14.8 Å². The predicted molar refractivity (Wildman–Crippen MR) is 147 cm³/mol. The molecule has 11 nitrogen and oxygen atoms in total. The molecular weight excluding hydrogens is 528 g/mol. The average molecular weight is 551 g/mol. The van der Waals surface area contributed by atoms with Crippen LogP contribution in [-0.2, 0) is 4.74 Å². The smallest absolute Gasteiger partial charge is 0.355 e. The third-order valence-corrected chi connectivity index (χ3v) is 8.19. The van der Waals surface area contributed by atoms with Gasteiger partial charge < -0.3 is 25.4 Å². The van der Waals surface area contributed by atoms with Gasteiger partial charge in [0.2, 0.25) is 5.43 Å². The molecule has 1 fully saturated rings. The van der Waals surface area contributed by atoms with Crippen molar-refractivity contribution in [2.24, 2.45) is 0 Å². The number of carbonyl (C=O) groups excluding carboxylic acids is 1. The quantitative estimate of drug-likeness (QED) is 0.261. The monoisotopic (exact) mass is 550 g/mol. The summed E-state index contributed by atoms with van der Waals surface area (Å²) < 4.78 is 8.30. The molecule has 13 heteroatoms. The van der Waals surface area contributed by atoms with E-state index in [9.17, 15) is 14.4 Å². The molecule has 38 heavy (non-hydrogen) atoms. The third kappa shape index (κ3) is 4.34. The summed E-state index contributed by atoms with van der Waals surface area (Å²) in [4.78, 5) is 49.5. The van der Waals surface area contributed by atoms with Crippen LogP contribution in [0.5, 0.6) is 0 Å². The van der Waals surface area contributed by atoms with E-state index >= 15 is 0 Å². The summed E-state index contributed by atoms with van der Waals surface area (Å²) in [6.07, 6.45) is 0. The van der Waals surface area contributed by atoms with Crippen LogP contribution >= 0.6 is 22.7 Å². The van der Waals surface area contributed by atoms with Crippen LogP contribution in [0.1, 0.15) is 20.8 Å². The number of amides is 1. The number of nitrogens with zero attached hydrogens (tertiary/aromatic N) is 4. The van der Waals surface area contributed by atoms with Gasteiger partial charge in [0.05, 0.1) is 28.8 Å². The van der Waals surface area contributed by atoms with Crippen molar-refractivity contribution in [3.63, 3.8) is 0 Å². The van der Waals surface area contributed by atoms with Gasteiger partial charge in [-0.15, -0.1) is 22.7 Å². The van der Waals surface area contributed by atoms with E-state index < -0.39 is 11.9 Å². The van der Waals surface area contributed by atoms with Crippen molar-refractivity contribution in [2.75, 3.05) is 49.6 Å². The second kappa shape index (κ2) is 10.0. The maximum atomic E-state index is 13.6. The highest BCUT2D eigenvalue weighted by atomic mass is 32.1. The number of fused-ring (bicyclic) bond motifs is 5. The zero-order valence-electron chi connectivity index (χ0n) is 20.0. The Morgan fingerprint density at radius 2 is 1.89 bits per heavy atom. The van der Waals surface area contributed by atoms with Gasteiger partial charge in [-0.2, -0.15) is 0 Å². The number of hydrogen-bond acceptors (Lipinski definition) is 10. The lowest BCUT2D eigenvalue weighted by atomic mass is 10.1. The molecule has 0 radical (unpaired) electrons. The highest BCUT2D eigenvalue weighted by Crippen LogP contribution is 2.31. The summed E-state index contributed by atoms with van der Waals surface area (Å²) >= 11 is 2.55. The minimum Gasteiger partial charge on any atom is -0.476 e. The van der Waals surface area contributed by atoms with E-state index in [1.165, 1.54) is 28.1 Å². The molecule has 0 atom stereocenters. The SMILES string of the molecule is O=C(O)c1csc(NCCNC(=O)c2c(=O)c3ccc(N4CCOCC4)nc3n3c2sc2ccccc23)n1. The lowest BCUT2D eigenvalue weighted by Crippen LogP contribution is -2.37. The second-order valence-corrected chi connectivity index (χ2v) is 10.5. The number of thiazole rings is 2. The summed E-state index contributed by atoms with van der Waals surface area (Å²) in [5, 5.41) is 17.1. The Hall–Kier alpha value is -4.07. The number of hydrogen-bond donors (Lipinski definition) is 3. The lowest BCUT2D eigenvalue weighted by Gasteiger charge is -2.27. The number of morpholine rings is 1. The highest BCUT2D eigenvalue weighted by molar-refractivity contribution is 7.24. The molecule has 0 spiro atoms. The van der Waals surface area contributed by atoms with Gasteiger partial charge in [-0.05, 0) is 24.3 Å². The molecule has 0 aliphatic carbocycles. The van der Waals surface area contributed by atoms with Crippen LogP contribution in [0, 0.1) is 0 Å². The molecule has 1 saturated heterocycles. The van der Waals surface area contributed by atoms with E-state index in [1.807, 2.05) is 34.7 Å². The van der Waals surface area contributed by atoms with Gasteiger partial charge in [0.1, 0.15) is 16.2 Å². The van der Waals surface area contributed by atoms with Crippen LogP contribution < -0.4 is 21.0 Å². The van der Waals surface area contributed by atoms with Gasteiger partial charge in [-0.3, -0.25) is 14.0 Å². The molecule has 0 saturated carbocycles. The number of pyridine rings is 2. The molecule has 1 aromatic carbocycles. The number of para-hydroxylation sites is 1. The number of nitrogens with one attached hydrogen (secondary N) is 2. The van der Waals surface area contributed by atoms with Gasteiger partial charge in [0, 0.05) is 31.6 Å². The molecule has 194 valence electrons. The molecule has 6 rings (SSSR count). The first kappa shape index (κ1) is 24.3. The van der Waals surface area contributed by atoms with E-state index in [4.69, 9.17) is 14.8 Å². The molecular formula is C25H22N6O5S2. The number of rotatable bonds is 7. The van der Waals surface area contributed by atoms with Crippen molar-refractivity contribution in [1.82, 2.24) is 19.7 Å². The summed E-state index contributed by atoms with van der Waals surface area (Å²) in [5.41, 5.74) is 1.05. The number of anilines is 2. The molecule has 0 bridgehead atoms. The van der Waals surface area contributed by atoms with Crippen molar-refractivity contribution in [1.29, 1.82) is 0 Å². The maximum absolute atomic E-state index is 13.6. The number of benzene rings is 1. The predicted octanol–water partition coefficient (Wildman–Crippen LogP) is 2.90. The zero-order valence-corrected chi connectivity index (χ0v) is 21.6. The van der Waals surface area contributed by atoms with E-state index in [0.717, 1.165) is 16.0 Å². The Bertz CT molecular complexity index is 1750. The highest BCUT2D eigenvalue weighted by Gasteiger charge is 2.23. The van der Waals surface area contributed by atoms with Gasteiger partial charge in [0.25, 0.3) is 5.91 Å². The second-order valence-electron chi connectivity index (χ2n) is 8.58. The van der Waals surface area contributed by atoms with Crippen LogP contribution in [0.4, 0.5) is 10.9 Å². The van der Waals surface area contributed by atoms with Crippen LogP contribution in [0.25, 0.3) is 26.1 Å². The molecule has 4 aromatic heterocycles. The van der Waals surface area contributed by atoms with Crippen molar-refractivity contribution in [2.45, 2.75) is 0 Å². The van der Waals surface area contributed by atoms with Gasteiger partial charge in [0.15, 0.2) is 16.5 Å². The van der Waals surface area contributed by atoms with E-state index in [1.54, 1.807) is 6.07 Å². The van der Waals surface area contributed by atoms with Crippen LogP contribution in [-0.4, -0.2) is 70.7 Å². The maximum Gasteiger partial charge on any atom is 0.355 e. The fourth-order valence-electron chi connectivity index (χ4n) is 4.43. The molecule has 5 heterocycles. The number of aromatic nitrogens is 3. The van der Waals surface area contributed by atoms with Crippen LogP contribution in [0.3, 0.4) is 0 Å². The molecule has 1 aliphatic heterocycles. The number of carboxylic acids is 1. The average Bonchev–Trinajstić information content (AvgIpc) is 3.57. The van der Waals surface area contributed by atoms with Gasteiger partial charge in [-0.1, -0.05) is 12.1 Å². The summed E-state index contributed by atoms with van der Waals surface area (Å²) in [6.45, 7) is 3.19. The first-order valence-electron chi connectivity index (χ1n) is 11.9. The van der Waals surface area contributed by atoms with Crippen molar-refractivity contribution >= 4 is 71.6 Å². The van der Waals surface area contributed by atoms with Crippen LogP contribution in [0.2, 0.25) is 0 Å². The van der Waals surface area contributed by atoms with Crippen molar-refractivity contribution in [3.05, 3.63) is 63.3 Å². The summed E-state index contributed by atoms with van der Waals surface area (Å²) in [7, 11) is 0. The van der Waals surface area contributed by atoms with Crippen LogP contribution in [0.15, 0.2) is 46.6 Å². The largest absolute Gasteiger partial charge is 0.476 e. The summed E-state index contributed by atoms with van der Waals surface area (Å²) in [5.74, 6) is -0.815. The van der Waals surface area contributed by atoms with E-state index in [0.29, 0.717) is 53.8 Å². The lowest BCUT2D eigenvalue weighted by molar-refractivity contribution is 0.0691. The van der Waals surface area contributed by atoms with E-state index in [-0.39, 0.29) is 23.2 Å². The molecule has 5 aromatic rings. The minimum absolute atomic E-state index is 0.0386. The fraction of sp³-hybridized carbons (Fsp3) is 0.240. The number of carbonyl (C=O) groups is 2. The van der Waals surface area contributed by atoms with E-state index in [2.05, 4.69) is 20.5 Å². The Balaban J connectivity index is 1.35. The fourth-order valence-corrected chi connectivity index (χ4v) is 6.33. The number of aromatic carboxylic acids is 1. The third-order valence-electron chi connectivity index (χ3n) is 6.25. The van der Waals surface area contributed by atoms with Crippen molar-refractivity contribution in [3.8, 4) is 0 Å². The molecule has 1 amide bonds. The normalized spacial score (nSPS) is 13.8. The standard InChI is InChI=1S/C25H22N6O5S2/c32-20-14-5-6-18(30-9-11-36-12-10-30)29-21(14)31-16-3-1-2-4-17(16)38-23(31)19(20)22(33)26-7-8-27-25-28-15(13-37-25)24(34)35/h1-6,13H,7-12H2,(H,26,33)(H,27,28)(H,34,35). The van der Waals surface area contributed by atoms with Gasteiger partial charge >= 0.3 is 5.97 Å². The summed E-state index contributed by atoms with van der Waals surface area (Å²) in [6, 6.07) is 11.3. The Morgan fingerprint density at radius 3 is 2.68 bits per heavy atom. The number of carboxylic acid groups (broad SMARTS) is 1. The Labute approximate surface area is 223 Å². The Kier molecular flexibility index (Phi) is 6.39. The molecule has 1 aliphatic rings. The molecule has 0 unspecified atom stereocenters. The zero-order chi connectivity index (χ0) is 26.2. The number of ether oxygens (including phenoxy) is 1.